The topological polar surface area (TPSA) is 30.7 Å². The van der Waals surface area contributed by atoms with Crippen LogP contribution in [0.2, 0.25) is 5.02 Å². The van der Waals surface area contributed by atoms with Crippen molar-refractivity contribution in [3.8, 4) is 5.69 Å². The summed E-state index contributed by atoms with van der Waals surface area (Å²) in [7, 11) is 0. The summed E-state index contributed by atoms with van der Waals surface area (Å²) in [4.78, 5) is 9.02. The van der Waals surface area contributed by atoms with E-state index in [1.807, 2.05) is 35.8 Å². The van der Waals surface area contributed by atoms with Gasteiger partial charge in [-0.25, -0.2) is 9.97 Å². The van der Waals surface area contributed by atoms with Gasteiger partial charge in [-0.05, 0) is 52.7 Å². The Kier molecular flexibility index (Phi) is 3.71. The lowest BCUT2D eigenvalue weighted by atomic mass is 10.2. The van der Waals surface area contributed by atoms with Gasteiger partial charge in [0.25, 0.3) is 0 Å². The summed E-state index contributed by atoms with van der Waals surface area (Å²) in [6, 6.07) is 7.54. The minimum atomic E-state index is 0.310. The van der Waals surface area contributed by atoms with Crippen LogP contribution in [0.1, 0.15) is 11.4 Å². The highest BCUT2D eigenvalue weighted by Crippen LogP contribution is 2.29. The zero-order valence-corrected chi connectivity index (χ0v) is 13.7. The molecule has 6 heteroatoms. The molecule has 0 bridgehead atoms. The lowest BCUT2D eigenvalue weighted by Crippen LogP contribution is -2.01. The van der Waals surface area contributed by atoms with Crippen LogP contribution >= 0.6 is 39.1 Å². The average molecular weight is 371 g/mol. The minimum Gasteiger partial charge on any atom is -0.279 e. The number of hydrogen-bond acceptors (Lipinski definition) is 2. The van der Waals surface area contributed by atoms with Gasteiger partial charge in [-0.3, -0.25) is 4.57 Å². The Morgan fingerprint density at radius 3 is 2.80 bits per heavy atom. The van der Waals surface area contributed by atoms with Crippen LogP contribution in [0.3, 0.4) is 0 Å². The standard InChI is InChI=1S/C14H10BrCl2N3/c1-8-4-5-18-14-13(8)19-12(7-16)20(14)11-3-2-9(17)6-10(11)15/h2-6H,7H2,1H3. The number of halogens is 3. The zero-order valence-electron chi connectivity index (χ0n) is 10.6. The number of aromatic nitrogens is 3. The Morgan fingerprint density at radius 2 is 2.10 bits per heavy atom. The Bertz CT molecular complexity index is 798. The smallest absolute Gasteiger partial charge is 0.165 e. The summed E-state index contributed by atoms with van der Waals surface area (Å²) >= 11 is 15.6. The van der Waals surface area contributed by atoms with Gasteiger partial charge in [-0.2, -0.15) is 0 Å². The third kappa shape index (κ3) is 2.22. The number of rotatable bonds is 2. The maximum absolute atomic E-state index is 6.04. The lowest BCUT2D eigenvalue weighted by molar-refractivity contribution is 0.965. The van der Waals surface area contributed by atoms with Crippen LogP contribution in [-0.2, 0) is 5.88 Å². The first-order chi connectivity index (χ1) is 9.61. The van der Waals surface area contributed by atoms with Crippen LogP contribution in [0.5, 0.6) is 0 Å². The lowest BCUT2D eigenvalue weighted by Gasteiger charge is -2.09. The molecule has 1 aromatic carbocycles. The highest BCUT2D eigenvalue weighted by atomic mass is 79.9. The minimum absolute atomic E-state index is 0.310. The molecule has 0 fully saturated rings. The van der Waals surface area contributed by atoms with Gasteiger partial charge in [0, 0.05) is 15.7 Å². The molecule has 0 radical (unpaired) electrons. The second kappa shape index (κ2) is 5.35. The number of fused-ring (bicyclic) bond motifs is 1. The molecule has 0 atom stereocenters. The molecular formula is C14H10BrCl2N3. The van der Waals surface area contributed by atoms with Gasteiger partial charge in [-0.15, -0.1) is 11.6 Å². The van der Waals surface area contributed by atoms with Crippen molar-refractivity contribution in [3.63, 3.8) is 0 Å². The van der Waals surface area contributed by atoms with Crippen LogP contribution in [-0.4, -0.2) is 14.5 Å². The van der Waals surface area contributed by atoms with Crippen LogP contribution in [0.4, 0.5) is 0 Å². The quantitative estimate of drug-likeness (QED) is 0.601. The second-order valence-electron chi connectivity index (χ2n) is 4.39. The number of pyridine rings is 1. The predicted molar refractivity (Wildman–Crippen MR) is 85.9 cm³/mol. The SMILES string of the molecule is Cc1ccnc2c1nc(CCl)n2-c1ccc(Cl)cc1Br. The molecule has 0 saturated carbocycles. The summed E-state index contributed by atoms with van der Waals surface area (Å²) in [6.45, 7) is 2.01. The van der Waals surface area contributed by atoms with E-state index < -0.39 is 0 Å². The van der Waals surface area contributed by atoms with Gasteiger partial charge >= 0.3 is 0 Å². The number of nitrogens with zero attached hydrogens (tertiary/aromatic N) is 3. The fourth-order valence-corrected chi connectivity index (χ4v) is 3.18. The Morgan fingerprint density at radius 1 is 1.30 bits per heavy atom. The molecule has 0 aliphatic carbocycles. The van der Waals surface area contributed by atoms with Gasteiger partial charge in [0.1, 0.15) is 11.3 Å². The molecule has 0 N–H and O–H groups in total. The van der Waals surface area contributed by atoms with E-state index in [9.17, 15) is 0 Å². The van der Waals surface area contributed by atoms with Gasteiger partial charge in [0.05, 0.1) is 11.6 Å². The summed E-state index contributed by atoms with van der Waals surface area (Å²) in [6.07, 6.45) is 1.78. The van der Waals surface area contributed by atoms with Gasteiger partial charge in [0.15, 0.2) is 5.65 Å². The fourth-order valence-electron chi connectivity index (χ4n) is 2.14. The molecule has 3 aromatic rings. The number of hydrogen-bond donors (Lipinski definition) is 0. The molecule has 0 saturated heterocycles. The van der Waals surface area contributed by atoms with Crippen molar-refractivity contribution in [1.29, 1.82) is 0 Å². The largest absolute Gasteiger partial charge is 0.279 e. The number of benzene rings is 1. The molecule has 102 valence electrons. The molecule has 3 nitrogen and oxygen atoms in total. The molecule has 0 aliphatic heterocycles. The van der Waals surface area contributed by atoms with Gasteiger partial charge in [-0.1, -0.05) is 11.6 Å². The van der Waals surface area contributed by atoms with Crippen molar-refractivity contribution in [3.05, 3.63) is 51.3 Å². The van der Waals surface area contributed by atoms with Crippen LogP contribution in [0.25, 0.3) is 16.9 Å². The Balaban J connectivity index is 2.37. The Labute approximate surface area is 134 Å². The molecule has 2 heterocycles. The van der Waals surface area contributed by atoms with Gasteiger partial charge < -0.3 is 0 Å². The van der Waals surface area contributed by atoms with E-state index in [4.69, 9.17) is 23.2 Å². The van der Waals surface area contributed by atoms with Crippen LogP contribution < -0.4 is 0 Å². The summed E-state index contributed by atoms with van der Waals surface area (Å²) < 4.78 is 2.83. The molecule has 2 aromatic heterocycles. The van der Waals surface area contributed by atoms with Crippen molar-refractivity contribution >= 4 is 50.3 Å². The number of aryl methyl sites for hydroxylation is 1. The maximum atomic E-state index is 6.04. The highest BCUT2D eigenvalue weighted by Gasteiger charge is 2.16. The first-order valence-electron chi connectivity index (χ1n) is 5.96. The third-order valence-corrected chi connectivity index (χ3v) is 4.20. The number of alkyl halides is 1. The van der Waals surface area contributed by atoms with Crippen LogP contribution in [0.15, 0.2) is 34.9 Å². The molecule has 20 heavy (non-hydrogen) atoms. The predicted octanol–water partition coefficient (Wildman–Crippen LogP) is 4.88. The normalized spacial score (nSPS) is 11.2. The van der Waals surface area contributed by atoms with E-state index in [0.717, 1.165) is 32.7 Å². The molecule has 0 unspecified atom stereocenters. The summed E-state index contributed by atoms with van der Waals surface area (Å²) in [5, 5.41) is 0.668. The third-order valence-electron chi connectivity index (χ3n) is 3.09. The molecule has 0 spiro atoms. The van der Waals surface area contributed by atoms with E-state index >= 15 is 0 Å². The van der Waals surface area contributed by atoms with E-state index in [0.29, 0.717) is 10.9 Å². The fraction of sp³-hybridized carbons (Fsp3) is 0.143. The molecule has 0 amide bonds. The zero-order chi connectivity index (χ0) is 14.3. The van der Waals surface area contributed by atoms with E-state index in [-0.39, 0.29) is 0 Å². The van der Waals surface area contributed by atoms with E-state index in [1.165, 1.54) is 0 Å². The second-order valence-corrected chi connectivity index (χ2v) is 5.95. The van der Waals surface area contributed by atoms with Crippen LogP contribution in [0, 0.1) is 6.92 Å². The van der Waals surface area contributed by atoms with Crippen molar-refractivity contribution in [1.82, 2.24) is 14.5 Å². The number of imidazole rings is 1. The van der Waals surface area contributed by atoms with E-state index in [1.54, 1.807) is 6.20 Å². The first-order valence-corrected chi connectivity index (χ1v) is 7.66. The van der Waals surface area contributed by atoms with Crippen molar-refractivity contribution in [2.45, 2.75) is 12.8 Å². The van der Waals surface area contributed by atoms with Crippen molar-refractivity contribution in [2.24, 2.45) is 0 Å². The molecular weight excluding hydrogens is 361 g/mol. The first kappa shape index (κ1) is 13.9. The van der Waals surface area contributed by atoms with Crippen molar-refractivity contribution < 1.29 is 0 Å². The maximum Gasteiger partial charge on any atom is 0.165 e. The summed E-state index contributed by atoms with van der Waals surface area (Å²) in [5.74, 6) is 1.07. The average Bonchev–Trinajstić information content (AvgIpc) is 2.79. The van der Waals surface area contributed by atoms with Crippen molar-refractivity contribution in [2.75, 3.05) is 0 Å². The molecule has 3 rings (SSSR count). The highest BCUT2D eigenvalue weighted by molar-refractivity contribution is 9.10. The Hall–Kier alpha value is -1.10. The van der Waals surface area contributed by atoms with E-state index in [2.05, 4.69) is 25.9 Å². The van der Waals surface area contributed by atoms with Gasteiger partial charge in [0.2, 0.25) is 0 Å². The summed E-state index contributed by atoms with van der Waals surface area (Å²) in [5.41, 5.74) is 3.66. The monoisotopic (exact) mass is 369 g/mol. The molecule has 0 aliphatic rings.